The number of hydrogen-bond acceptors (Lipinski definition) is 5. The Morgan fingerprint density at radius 3 is 2.64 bits per heavy atom. The van der Waals surface area contributed by atoms with Crippen molar-refractivity contribution in [1.29, 1.82) is 0 Å². The van der Waals surface area contributed by atoms with Gasteiger partial charge in [-0.3, -0.25) is 9.59 Å². The van der Waals surface area contributed by atoms with E-state index in [0.717, 1.165) is 16.7 Å². The van der Waals surface area contributed by atoms with E-state index in [1.165, 1.54) is 6.26 Å². The van der Waals surface area contributed by atoms with Crippen molar-refractivity contribution in [2.75, 3.05) is 11.5 Å². The fourth-order valence-electron chi connectivity index (χ4n) is 2.05. The Morgan fingerprint density at radius 2 is 2.00 bits per heavy atom. The number of carbonyl (C=O) groups excluding carboxylic acids is 2. The third kappa shape index (κ3) is 2.78. The molecular formula is C16H13NO4S. The van der Waals surface area contributed by atoms with E-state index in [9.17, 15) is 9.59 Å². The lowest BCUT2D eigenvalue weighted by Crippen LogP contribution is -2.27. The highest BCUT2D eigenvalue weighted by atomic mass is 32.2. The molecule has 6 heteroatoms. The van der Waals surface area contributed by atoms with Gasteiger partial charge in [-0.25, -0.2) is 4.90 Å². The largest absolute Gasteiger partial charge is 0.494 e. The number of imide groups is 1. The molecule has 0 N–H and O–H groups in total. The molecule has 1 saturated heterocycles. The van der Waals surface area contributed by atoms with E-state index in [0.29, 0.717) is 28.7 Å². The van der Waals surface area contributed by atoms with Crippen LogP contribution in [-0.2, 0) is 4.79 Å². The van der Waals surface area contributed by atoms with Gasteiger partial charge in [-0.2, -0.15) is 0 Å². The van der Waals surface area contributed by atoms with Crippen molar-refractivity contribution < 1.29 is 18.7 Å². The van der Waals surface area contributed by atoms with Crippen LogP contribution in [-0.4, -0.2) is 17.8 Å². The van der Waals surface area contributed by atoms with Crippen molar-refractivity contribution in [2.45, 2.75) is 6.92 Å². The highest BCUT2D eigenvalue weighted by Gasteiger charge is 2.36. The first kappa shape index (κ1) is 14.5. The number of nitrogens with zero attached hydrogens (tertiary/aromatic N) is 1. The molecule has 0 unspecified atom stereocenters. The average molecular weight is 315 g/mol. The van der Waals surface area contributed by atoms with Crippen LogP contribution in [0.3, 0.4) is 0 Å². The number of thioether (sulfide) groups is 1. The van der Waals surface area contributed by atoms with Gasteiger partial charge in [0.1, 0.15) is 11.5 Å². The van der Waals surface area contributed by atoms with Crippen LogP contribution in [0.4, 0.5) is 10.5 Å². The molecule has 1 aromatic heterocycles. The molecule has 2 heterocycles. The van der Waals surface area contributed by atoms with Crippen molar-refractivity contribution in [3.8, 4) is 5.75 Å². The van der Waals surface area contributed by atoms with Crippen molar-refractivity contribution in [1.82, 2.24) is 0 Å². The van der Waals surface area contributed by atoms with Gasteiger partial charge in [0.05, 0.1) is 23.5 Å². The Bertz CT molecular complexity index is 719. The highest BCUT2D eigenvalue weighted by Crippen LogP contribution is 2.36. The quantitative estimate of drug-likeness (QED) is 0.800. The SMILES string of the molecule is CCOc1ccc(N2C(=O)S/C(=C/c3ccco3)C2=O)cc1. The summed E-state index contributed by atoms with van der Waals surface area (Å²) < 4.78 is 10.5. The van der Waals surface area contributed by atoms with E-state index in [-0.39, 0.29) is 11.1 Å². The molecule has 0 atom stereocenters. The molecular weight excluding hydrogens is 302 g/mol. The summed E-state index contributed by atoms with van der Waals surface area (Å²) in [7, 11) is 0. The summed E-state index contributed by atoms with van der Waals surface area (Å²) in [6.07, 6.45) is 3.09. The molecule has 3 rings (SSSR count). The monoisotopic (exact) mass is 315 g/mol. The molecule has 0 spiro atoms. The van der Waals surface area contributed by atoms with Gasteiger partial charge in [0.15, 0.2) is 0 Å². The topological polar surface area (TPSA) is 59.8 Å². The Kier molecular flexibility index (Phi) is 4.02. The maximum absolute atomic E-state index is 12.4. The van der Waals surface area contributed by atoms with Crippen LogP contribution in [0.25, 0.3) is 6.08 Å². The summed E-state index contributed by atoms with van der Waals surface area (Å²) >= 11 is 0.897. The third-order valence-electron chi connectivity index (χ3n) is 3.02. The number of furan rings is 1. The van der Waals surface area contributed by atoms with Gasteiger partial charge in [-0.05, 0) is 55.1 Å². The second kappa shape index (κ2) is 6.11. The Morgan fingerprint density at radius 1 is 1.23 bits per heavy atom. The molecule has 1 aliphatic heterocycles. The number of benzene rings is 1. The van der Waals surface area contributed by atoms with Gasteiger partial charge in [0.2, 0.25) is 0 Å². The zero-order valence-corrected chi connectivity index (χ0v) is 12.6. The number of ether oxygens (including phenoxy) is 1. The van der Waals surface area contributed by atoms with Crippen LogP contribution in [0, 0.1) is 0 Å². The molecule has 1 aliphatic rings. The predicted molar refractivity (Wildman–Crippen MR) is 84.8 cm³/mol. The van der Waals surface area contributed by atoms with E-state index < -0.39 is 0 Å². The van der Waals surface area contributed by atoms with E-state index in [2.05, 4.69) is 0 Å². The zero-order valence-electron chi connectivity index (χ0n) is 11.8. The van der Waals surface area contributed by atoms with Crippen molar-refractivity contribution >= 4 is 34.7 Å². The second-order valence-electron chi connectivity index (χ2n) is 4.46. The Labute approximate surface area is 131 Å². The third-order valence-corrected chi connectivity index (χ3v) is 3.89. The summed E-state index contributed by atoms with van der Waals surface area (Å²) in [5.41, 5.74) is 0.522. The lowest BCUT2D eigenvalue weighted by atomic mass is 10.2. The molecule has 22 heavy (non-hydrogen) atoms. The van der Waals surface area contributed by atoms with Crippen molar-refractivity contribution in [2.24, 2.45) is 0 Å². The Hall–Kier alpha value is -2.47. The number of rotatable bonds is 4. The fourth-order valence-corrected chi connectivity index (χ4v) is 2.87. The van der Waals surface area contributed by atoms with E-state index in [1.54, 1.807) is 42.5 Å². The molecule has 0 saturated carbocycles. The first-order valence-corrected chi connectivity index (χ1v) is 7.55. The number of anilines is 1. The van der Waals surface area contributed by atoms with Gasteiger partial charge < -0.3 is 9.15 Å². The molecule has 2 aromatic rings. The summed E-state index contributed by atoms with van der Waals surface area (Å²) in [6, 6.07) is 10.3. The molecule has 0 aliphatic carbocycles. The number of hydrogen-bond donors (Lipinski definition) is 0. The van der Waals surface area contributed by atoms with Crippen LogP contribution in [0.15, 0.2) is 52.0 Å². The smallest absolute Gasteiger partial charge is 0.298 e. The Balaban J connectivity index is 1.85. The van der Waals surface area contributed by atoms with Crippen molar-refractivity contribution in [3.05, 3.63) is 53.3 Å². The van der Waals surface area contributed by atoms with Gasteiger partial charge in [0.25, 0.3) is 11.1 Å². The minimum Gasteiger partial charge on any atom is -0.494 e. The average Bonchev–Trinajstić information content (AvgIpc) is 3.10. The minimum atomic E-state index is -0.351. The number of amides is 2. The van der Waals surface area contributed by atoms with Crippen LogP contribution in [0.5, 0.6) is 5.75 Å². The highest BCUT2D eigenvalue weighted by molar-refractivity contribution is 8.19. The van der Waals surface area contributed by atoms with Gasteiger partial charge in [-0.15, -0.1) is 0 Å². The standard InChI is InChI=1S/C16H13NO4S/c1-2-20-12-7-5-11(6-8-12)17-15(18)14(22-16(17)19)10-13-4-3-9-21-13/h3-10H,2H2,1H3/b14-10+. The van der Waals surface area contributed by atoms with Crippen molar-refractivity contribution in [3.63, 3.8) is 0 Å². The molecule has 0 bridgehead atoms. The van der Waals surface area contributed by atoms with Crippen LogP contribution in [0.2, 0.25) is 0 Å². The first-order chi connectivity index (χ1) is 10.7. The van der Waals surface area contributed by atoms with E-state index >= 15 is 0 Å². The van der Waals surface area contributed by atoms with Gasteiger partial charge in [-0.1, -0.05) is 0 Å². The van der Waals surface area contributed by atoms with Crippen LogP contribution >= 0.6 is 11.8 Å². The molecule has 1 fully saturated rings. The fraction of sp³-hybridized carbons (Fsp3) is 0.125. The summed E-state index contributed by atoms with van der Waals surface area (Å²) in [5, 5.41) is -0.327. The maximum Gasteiger partial charge on any atom is 0.298 e. The molecule has 2 amide bonds. The van der Waals surface area contributed by atoms with Crippen LogP contribution < -0.4 is 9.64 Å². The molecule has 0 radical (unpaired) electrons. The lowest BCUT2D eigenvalue weighted by molar-refractivity contribution is -0.113. The lowest BCUT2D eigenvalue weighted by Gasteiger charge is -2.13. The summed E-state index contributed by atoms with van der Waals surface area (Å²) in [5.74, 6) is 0.886. The summed E-state index contributed by atoms with van der Waals surface area (Å²) in [4.78, 5) is 26.0. The van der Waals surface area contributed by atoms with Crippen LogP contribution in [0.1, 0.15) is 12.7 Å². The second-order valence-corrected chi connectivity index (χ2v) is 5.45. The van der Waals surface area contributed by atoms with Gasteiger partial charge >= 0.3 is 0 Å². The zero-order chi connectivity index (χ0) is 15.5. The van der Waals surface area contributed by atoms with E-state index in [4.69, 9.17) is 9.15 Å². The normalized spacial score (nSPS) is 16.6. The first-order valence-electron chi connectivity index (χ1n) is 6.73. The molecule has 1 aromatic carbocycles. The van der Waals surface area contributed by atoms with Gasteiger partial charge in [0, 0.05) is 6.08 Å². The molecule has 112 valence electrons. The minimum absolute atomic E-state index is 0.327. The predicted octanol–water partition coefficient (Wildman–Crippen LogP) is 3.92. The number of carbonyl (C=O) groups is 2. The molecule has 5 nitrogen and oxygen atoms in total. The maximum atomic E-state index is 12.4. The summed E-state index contributed by atoms with van der Waals surface area (Å²) in [6.45, 7) is 2.45. The van der Waals surface area contributed by atoms with E-state index in [1.807, 2.05) is 6.92 Å².